The molecule has 0 radical (unpaired) electrons. The molecule has 2 bridgehead atoms. The summed E-state index contributed by atoms with van der Waals surface area (Å²) < 4.78 is 47.1. The van der Waals surface area contributed by atoms with Crippen LogP contribution >= 0.6 is 0 Å². The first-order valence-corrected chi connectivity index (χ1v) is 10.3. The summed E-state index contributed by atoms with van der Waals surface area (Å²) in [6, 6.07) is 2.71. The highest BCUT2D eigenvalue weighted by atomic mass is 19.4. The zero-order chi connectivity index (χ0) is 23.4. The summed E-state index contributed by atoms with van der Waals surface area (Å²) in [6.45, 7) is 13.0. The van der Waals surface area contributed by atoms with Gasteiger partial charge in [0, 0.05) is 30.3 Å². The van der Waals surface area contributed by atoms with Crippen LogP contribution in [0.5, 0.6) is 0 Å². The Bertz CT molecular complexity index is 1090. The predicted molar refractivity (Wildman–Crippen MR) is 109 cm³/mol. The summed E-state index contributed by atoms with van der Waals surface area (Å²) in [4.78, 5) is 16.5. The predicted octanol–water partition coefficient (Wildman–Crippen LogP) is 4.21. The molecule has 2 aromatic rings. The normalized spacial score (nSPS) is 27.0. The van der Waals surface area contributed by atoms with Crippen LogP contribution in [0.3, 0.4) is 0 Å². The molecule has 2 fully saturated rings. The van der Waals surface area contributed by atoms with Crippen LogP contribution in [-0.2, 0) is 15.7 Å². The number of anilines is 1. The quantitative estimate of drug-likeness (QED) is 0.687. The number of aliphatic hydroxyl groups is 1. The molecule has 2 aliphatic rings. The maximum atomic E-state index is 13.3. The van der Waals surface area contributed by atoms with E-state index in [0.29, 0.717) is 5.69 Å². The van der Waals surface area contributed by atoms with Crippen molar-refractivity contribution in [3.05, 3.63) is 52.6 Å². The fourth-order valence-corrected chi connectivity index (χ4v) is 4.63. The lowest BCUT2D eigenvalue weighted by atomic mass is 9.74. The van der Waals surface area contributed by atoms with Gasteiger partial charge in [-0.25, -0.2) is 4.85 Å². The van der Waals surface area contributed by atoms with Gasteiger partial charge in [-0.2, -0.15) is 18.3 Å². The van der Waals surface area contributed by atoms with E-state index in [1.807, 2.05) is 27.0 Å². The SMILES string of the molecule is [C-]#[N+]c1ccc(C(F)(F)F)cc1NC(=O)[C@@H]1[C@@H](c2cn(C(C)C)nc2C)[C@H]2O[C@@H]1C[C@@H]2O. The third-order valence-corrected chi connectivity index (χ3v) is 6.17. The number of aliphatic hydroxyl groups excluding tert-OH is 1. The molecule has 3 heterocycles. The molecule has 1 aromatic heterocycles. The lowest BCUT2D eigenvalue weighted by molar-refractivity contribution is -0.137. The number of ether oxygens (including phenoxy) is 1. The molecule has 1 aromatic carbocycles. The number of benzene rings is 1. The summed E-state index contributed by atoms with van der Waals surface area (Å²) >= 11 is 0. The fraction of sp³-hybridized carbons (Fsp3) is 0.500. The van der Waals surface area contributed by atoms with Gasteiger partial charge in [0.05, 0.1) is 42.1 Å². The number of aryl methyl sites for hydroxylation is 1. The number of halogens is 3. The Morgan fingerprint density at radius 2 is 2.12 bits per heavy atom. The van der Waals surface area contributed by atoms with Crippen molar-refractivity contribution >= 4 is 17.3 Å². The van der Waals surface area contributed by atoms with E-state index < -0.39 is 47.8 Å². The highest BCUT2D eigenvalue weighted by Gasteiger charge is 2.57. The van der Waals surface area contributed by atoms with Crippen LogP contribution in [0, 0.1) is 19.4 Å². The Labute approximate surface area is 183 Å². The molecule has 0 spiro atoms. The first-order chi connectivity index (χ1) is 15.0. The fourth-order valence-electron chi connectivity index (χ4n) is 4.63. The van der Waals surface area contributed by atoms with Crippen molar-refractivity contribution in [3.63, 3.8) is 0 Å². The van der Waals surface area contributed by atoms with Crippen LogP contribution in [0.1, 0.15) is 49.0 Å². The van der Waals surface area contributed by atoms with Crippen LogP contribution in [-0.4, -0.2) is 39.1 Å². The van der Waals surface area contributed by atoms with E-state index >= 15 is 0 Å². The van der Waals surface area contributed by atoms with Gasteiger partial charge in [0.15, 0.2) is 0 Å². The van der Waals surface area contributed by atoms with Gasteiger partial charge in [0.25, 0.3) is 0 Å². The second-order valence-corrected chi connectivity index (χ2v) is 8.57. The van der Waals surface area contributed by atoms with Crippen molar-refractivity contribution in [2.75, 3.05) is 5.32 Å². The number of hydrogen-bond donors (Lipinski definition) is 2. The Hall–Kier alpha value is -2.90. The highest BCUT2D eigenvalue weighted by Crippen LogP contribution is 2.50. The number of nitrogens with zero attached hydrogens (tertiary/aromatic N) is 3. The monoisotopic (exact) mass is 448 g/mol. The van der Waals surface area contributed by atoms with Crippen molar-refractivity contribution in [1.82, 2.24) is 9.78 Å². The molecule has 170 valence electrons. The molecular formula is C22H23F3N4O3. The molecule has 32 heavy (non-hydrogen) atoms. The molecule has 7 nitrogen and oxygen atoms in total. The summed E-state index contributed by atoms with van der Waals surface area (Å²) in [6.07, 6.45) is -4.45. The van der Waals surface area contributed by atoms with E-state index in [1.54, 1.807) is 4.68 Å². The average Bonchev–Trinajstić information content (AvgIpc) is 3.38. The van der Waals surface area contributed by atoms with Crippen molar-refractivity contribution < 1.29 is 27.8 Å². The smallest absolute Gasteiger partial charge is 0.390 e. The highest BCUT2D eigenvalue weighted by molar-refractivity contribution is 5.97. The number of fused-ring (bicyclic) bond motifs is 2. The lowest BCUT2D eigenvalue weighted by Gasteiger charge is -2.30. The molecule has 2 N–H and O–H groups in total. The second kappa shape index (κ2) is 7.90. The zero-order valence-corrected chi connectivity index (χ0v) is 17.7. The summed E-state index contributed by atoms with van der Waals surface area (Å²) in [5, 5.41) is 17.4. The standard InChI is InChI=1S/C22H23F3N4O3/c1-10(2)29-9-13(11(3)28-29)18-19(17-8-16(30)20(18)32-17)21(31)27-15-7-12(22(23,24)25)5-6-14(15)26-4/h5-7,9-10,16-20,30H,8H2,1-3H3,(H,27,31)/t16-,17+,18+,19-,20-/m0/s1. The Kier molecular flexibility index (Phi) is 5.51. The molecular weight excluding hydrogens is 425 g/mol. The topological polar surface area (TPSA) is 80.7 Å². The van der Waals surface area contributed by atoms with Crippen molar-refractivity contribution in [2.24, 2.45) is 5.92 Å². The van der Waals surface area contributed by atoms with E-state index in [4.69, 9.17) is 11.3 Å². The minimum atomic E-state index is -4.61. The largest absolute Gasteiger partial charge is 0.416 e. The van der Waals surface area contributed by atoms with Crippen LogP contribution in [0.25, 0.3) is 4.85 Å². The second-order valence-electron chi connectivity index (χ2n) is 8.57. The summed E-state index contributed by atoms with van der Waals surface area (Å²) in [5.74, 6) is -1.78. The molecule has 10 heteroatoms. The van der Waals surface area contributed by atoms with E-state index in [1.165, 1.54) is 0 Å². The molecule has 0 saturated carbocycles. The van der Waals surface area contributed by atoms with Crippen molar-refractivity contribution in [2.45, 2.75) is 63.6 Å². The first kappa shape index (κ1) is 22.3. The number of carbonyl (C=O) groups excluding carboxylic acids is 1. The van der Waals surface area contributed by atoms with Gasteiger partial charge in [-0.05, 0) is 32.4 Å². The van der Waals surface area contributed by atoms with Gasteiger partial charge in [-0.3, -0.25) is 9.48 Å². The molecule has 5 atom stereocenters. The Morgan fingerprint density at radius 3 is 2.72 bits per heavy atom. The number of carbonyl (C=O) groups is 1. The number of hydrogen-bond acceptors (Lipinski definition) is 4. The maximum absolute atomic E-state index is 13.3. The van der Waals surface area contributed by atoms with Gasteiger partial charge >= 0.3 is 6.18 Å². The zero-order valence-electron chi connectivity index (χ0n) is 17.7. The van der Waals surface area contributed by atoms with Gasteiger partial charge in [0.2, 0.25) is 11.6 Å². The third-order valence-electron chi connectivity index (χ3n) is 6.17. The number of nitrogens with one attached hydrogen (secondary N) is 1. The van der Waals surface area contributed by atoms with E-state index in [-0.39, 0.29) is 23.8 Å². The van der Waals surface area contributed by atoms with Crippen LogP contribution in [0.2, 0.25) is 0 Å². The molecule has 2 saturated heterocycles. The van der Waals surface area contributed by atoms with Crippen LogP contribution in [0.4, 0.5) is 24.5 Å². The number of aromatic nitrogens is 2. The van der Waals surface area contributed by atoms with Crippen molar-refractivity contribution in [3.8, 4) is 0 Å². The van der Waals surface area contributed by atoms with Gasteiger partial charge in [0.1, 0.15) is 0 Å². The van der Waals surface area contributed by atoms with E-state index in [2.05, 4.69) is 15.3 Å². The Balaban J connectivity index is 1.68. The van der Waals surface area contributed by atoms with Crippen LogP contribution < -0.4 is 5.32 Å². The first-order valence-electron chi connectivity index (χ1n) is 10.3. The van der Waals surface area contributed by atoms with Crippen molar-refractivity contribution in [1.29, 1.82) is 0 Å². The molecule has 0 aliphatic carbocycles. The van der Waals surface area contributed by atoms with Gasteiger partial charge < -0.3 is 15.2 Å². The molecule has 2 aliphatic heterocycles. The van der Waals surface area contributed by atoms with Gasteiger partial charge in [-0.1, -0.05) is 12.1 Å². The number of amides is 1. The summed E-state index contributed by atoms with van der Waals surface area (Å²) in [7, 11) is 0. The minimum absolute atomic E-state index is 0.0872. The number of rotatable bonds is 4. The Morgan fingerprint density at radius 1 is 1.41 bits per heavy atom. The van der Waals surface area contributed by atoms with Crippen LogP contribution in [0.15, 0.2) is 24.4 Å². The number of alkyl halides is 3. The van der Waals surface area contributed by atoms with Gasteiger partial charge in [-0.15, -0.1) is 0 Å². The maximum Gasteiger partial charge on any atom is 0.416 e. The lowest BCUT2D eigenvalue weighted by Crippen LogP contribution is -2.41. The average molecular weight is 448 g/mol. The molecule has 0 unspecified atom stereocenters. The third kappa shape index (κ3) is 3.76. The van der Waals surface area contributed by atoms with E-state index in [0.717, 1.165) is 23.8 Å². The summed E-state index contributed by atoms with van der Waals surface area (Å²) in [5.41, 5.74) is 0.225. The molecule has 4 rings (SSSR count). The molecule has 1 amide bonds. The minimum Gasteiger partial charge on any atom is -0.390 e. The van der Waals surface area contributed by atoms with E-state index in [9.17, 15) is 23.1 Å².